The van der Waals surface area contributed by atoms with Gasteiger partial charge in [-0.1, -0.05) is 20.4 Å². The van der Waals surface area contributed by atoms with Crippen LogP contribution in [0.4, 0.5) is 32.0 Å². The van der Waals surface area contributed by atoms with Crippen LogP contribution < -0.4 is 20.8 Å². The monoisotopic (exact) mass is 694 g/mol. The van der Waals surface area contributed by atoms with Crippen LogP contribution in [0.3, 0.4) is 0 Å². The van der Waals surface area contributed by atoms with Crippen LogP contribution in [0.15, 0.2) is 30.5 Å². The van der Waals surface area contributed by atoms with E-state index in [2.05, 4.69) is 6.58 Å². The lowest BCUT2D eigenvalue weighted by Gasteiger charge is -2.26. The first-order chi connectivity index (χ1) is 20.6. The van der Waals surface area contributed by atoms with Crippen LogP contribution in [-0.2, 0) is 38.7 Å². The summed E-state index contributed by atoms with van der Waals surface area (Å²) in [7, 11) is -8.57. The van der Waals surface area contributed by atoms with Gasteiger partial charge in [-0.05, 0) is 55.9 Å². The first-order valence-corrected chi connectivity index (χ1v) is 16.9. The minimum Gasteiger partial charge on any atom is -0.748 e. The molecular weight excluding hydrogens is 659 g/mol. The van der Waals surface area contributed by atoms with Gasteiger partial charge >= 0.3 is 31.8 Å². The van der Waals surface area contributed by atoms with E-state index in [0.29, 0.717) is 16.9 Å². The Hall–Kier alpha value is -2.66. The van der Waals surface area contributed by atoms with Gasteiger partial charge in [-0.15, -0.1) is 0 Å². The zero-order valence-corrected chi connectivity index (χ0v) is 26.3. The SMILES string of the molecule is C=C1N(CCCS(=O)(=O)[O-])c2ccc(P(=O)(OCCCCNC(=O)C(F)(F)F)OCCCCNC(=O)C(F)(F)F)cc2C1(C)C. The van der Waals surface area contributed by atoms with Crippen LogP contribution in [0.5, 0.6) is 0 Å². The molecular formula is C26H35F6N3O8PS-. The van der Waals surface area contributed by atoms with E-state index >= 15 is 0 Å². The number of nitrogens with zero attached hydrogens (tertiary/aromatic N) is 1. The molecule has 2 amide bonds. The highest BCUT2D eigenvalue weighted by Gasteiger charge is 2.41. The number of hydrogen-bond donors (Lipinski definition) is 2. The van der Waals surface area contributed by atoms with Crippen molar-refractivity contribution in [3.05, 3.63) is 36.0 Å². The van der Waals surface area contributed by atoms with Crippen molar-refractivity contribution in [3.63, 3.8) is 0 Å². The molecule has 0 saturated heterocycles. The second-order valence-corrected chi connectivity index (χ2v) is 14.2. The molecule has 2 rings (SSSR count). The molecule has 0 saturated carbocycles. The largest absolute Gasteiger partial charge is 0.748 e. The molecule has 11 nitrogen and oxygen atoms in total. The van der Waals surface area contributed by atoms with E-state index < -0.39 is 53.0 Å². The number of nitrogens with one attached hydrogen (secondary N) is 2. The molecule has 0 atom stereocenters. The Morgan fingerprint density at radius 2 is 1.42 bits per heavy atom. The number of fused-ring (bicyclic) bond motifs is 1. The Bertz CT molecular complexity index is 1340. The maximum atomic E-state index is 14.0. The van der Waals surface area contributed by atoms with Gasteiger partial charge in [-0.3, -0.25) is 14.2 Å². The number of allylic oxidation sites excluding steroid dienone is 1. The molecule has 19 heteroatoms. The van der Waals surface area contributed by atoms with Gasteiger partial charge < -0.3 is 29.1 Å². The third-order valence-electron chi connectivity index (χ3n) is 6.83. The van der Waals surface area contributed by atoms with Gasteiger partial charge in [0.25, 0.3) is 0 Å². The smallest absolute Gasteiger partial charge is 0.471 e. The summed E-state index contributed by atoms with van der Waals surface area (Å²) in [6.45, 7) is 6.75. The highest BCUT2D eigenvalue weighted by Crippen LogP contribution is 2.52. The molecule has 1 aromatic carbocycles. The predicted octanol–water partition coefficient (Wildman–Crippen LogP) is 4.00. The first kappa shape index (κ1) is 38.5. The Morgan fingerprint density at radius 1 is 0.933 bits per heavy atom. The number of rotatable bonds is 17. The quantitative estimate of drug-likeness (QED) is 0.107. The molecule has 0 spiro atoms. The first-order valence-electron chi connectivity index (χ1n) is 13.7. The predicted molar refractivity (Wildman–Crippen MR) is 151 cm³/mol. The normalized spacial score (nSPS) is 15.2. The number of halogens is 6. The summed E-state index contributed by atoms with van der Waals surface area (Å²) in [6, 6.07) is 4.59. The molecule has 1 heterocycles. The number of benzene rings is 1. The Balaban J connectivity index is 2.17. The van der Waals surface area contributed by atoms with Crippen molar-refractivity contribution in [2.75, 3.05) is 43.5 Å². The molecule has 1 aliphatic heterocycles. The number of amides is 2. The van der Waals surface area contributed by atoms with E-state index in [1.165, 1.54) is 6.07 Å². The zero-order valence-electron chi connectivity index (χ0n) is 24.6. The lowest BCUT2D eigenvalue weighted by atomic mass is 9.84. The summed E-state index contributed by atoms with van der Waals surface area (Å²) < 4.78 is 133. The van der Waals surface area contributed by atoms with E-state index in [9.17, 15) is 53.5 Å². The summed E-state index contributed by atoms with van der Waals surface area (Å²) in [5.74, 6) is -4.79. The van der Waals surface area contributed by atoms with Crippen LogP contribution in [0.25, 0.3) is 0 Å². The van der Waals surface area contributed by atoms with Crippen molar-refractivity contribution in [1.29, 1.82) is 0 Å². The summed E-state index contributed by atoms with van der Waals surface area (Å²) >= 11 is 0. The summed E-state index contributed by atoms with van der Waals surface area (Å²) in [4.78, 5) is 23.6. The molecule has 0 radical (unpaired) electrons. The summed E-state index contributed by atoms with van der Waals surface area (Å²) in [6.07, 6.45) is -9.79. The second-order valence-electron chi connectivity index (χ2n) is 10.6. The van der Waals surface area contributed by atoms with E-state index in [1.54, 1.807) is 27.7 Å². The molecule has 1 aromatic rings. The van der Waals surface area contributed by atoms with Crippen molar-refractivity contribution in [2.45, 2.75) is 63.7 Å². The fraction of sp³-hybridized carbons (Fsp3) is 0.615. The average molecular weight is 695 g/mol. The van der Waals surface area contributed by atoms with Crippen LogP contribution in [0.2, 0.25) is 0 Å². The van der Waals surface area contributed by atoms with Gasteiger partial charge in [0.2, 0.25) is 0 Å². The summed E-state index contributed by atoms with van der Waals surface area (Å²) in [5.41, 5.74) is 1.09. The van der Waals surface area contributed by atoms with E-state index in [0.717, 1.165) is 0 Å². The van der Waals surface area contributed by atoms with E-state index in [1.807, 2.05) is 13.8 Å². The molecule has 0 aromatic heterocycles. The van der Waals surface area contributed by atoms with Crippen molar-refractivity contribution in [1.82, 2.24) is 10.6 Å². The number of carbonyl (C=O) groups excluding carboxylic acids is 2. The van der Waals surface area contributed by atoms with E-state index in [-0.39, 0.29) is 70.3 Å². The molecule has 2 N–H and O–H groups in total. The highest BCUT2D eigenvalue weighted by atomic mass is 32.2. The lowest BCUT2D eigenvalue weighted by molar-refractivity contribution is -0.173. The third kappa shape index (κ3) is 11.3. The van der Waals surface area contributed by atoms with Crippen LogP contribution >= 0.6 is 7.60 Å². The maximum absolute atomic E-state index is 14.0. The van der Waals surface area contributed by atoms with Crippen molar-refractivity contribution in [3.8, 4) is 0 Å². The molecule has 0 aliphatic carbocycles. The number of unbranched alkanes of at least 4 members (excludes halogenated alkanes) is 2. The fourth-order valence-electron chi connectivity index (χ4n) is 4.34. The molecule has 1 aliphatic rings. The third-order valence-corrected chi connectivity index (χ3v) is 9.58. The molecule has 256 valence electrons. The fourth-order valence-corrected chi connectivity index (χ4v) is 6.48. The number of hydrogen-bond acceptors (Lipinski definition) is 9. The summed E-state index contributed by atoms with van der Waals surface area (Å²) in [5, 5.41) is 3.51. The Kier molecular flexibility index (Phi) is 13.1. The molecule has 0 bridgehead atoms. The average Bonchev–Trinajstić information content (AvgIpc) is 3.10. The lowest BCUT2D eigenvalue weighted by Crippen LogP contribution is -2.37. The minimum absolute atomic E-state index is 0.0275. The number of carbonyl (C=O) groups is 2. The number of anilines is 1. The molecule has 0 fully saturated rings. The molecule has 0 unspecified atom stereocenters. The van der Waals surface area contributed by atoms with Crippen LogP contribution in [0, 0.1) is 0 Å². The second kappa shape index (κ2) is 15.3. The Morgan fingerprint density at radius 3 is 1.87 bits per heavy atom. The van der Waals surface area contributed by atoms with Gasteiger partial charge in [0, 0.05) is 42.2 Å². The maximum Gasteiger partial charge on any atom is 0.471 e. The van der Waals surface area contributed by atoms with Crippen LogP contribution in [-0.4, -0.2) is 75.7 Å². The van der Waals surface area contributed by atoms with Gasteiger partial charge in [-0.25, -0.2) is 8.42 Å². The Labute approximate surface area is 257 Å². The minimum atomic E-state index is -5.04. The molecule has 45 heavy (non-hydrogen) atoms. The van der Waals surface area contributed by atoms with Gasteiger partial charge in [-0.2, -0.15) is 26.3 Å². The highest BCUT2D eigenvalue weighted by molar-refractivity contribution is 7.85. The van der Waals surface area contributed by atoms with Crippen molar-refractivity contribution < 1.29 is 62.5 Å². The van der Waals surface area contributed by atoms with Gasteiger partial charge in [0.05, 0.1) is 28.6 Å². The number of alkyl halides is 6. The topological polar surface area (TPSA) is 154 Å². The van der Waals surface area contributed by atoms with Gasteiger partial charge in [0.1, 0.15) is 0 Å². The van der Waals surface area contributed by atoms with E-state index in [4.69, 9.17) is 9.05 Å². The standard InChI is InChI=1S/C26H36F6N3O8PS/c1-18-24(2,3)20-17-19(9-10-21(20)35(18)13-8-16-45(39,40)41)44(38,42-14-6-4-11-33-22(36)25(27,28)29)43-15-7-5-12-34-23(37)26(30,31)32/h9-10,17H,1,4-8,11-16H2,2-3H3,(H,33,36)(H,34,37)(H,39,40,41)/p-1. The van der Waals surface area contributed by atoms with Gasteiger partial charge in [0.15, 0.2) is 0 Å². The van der Waals surface area contributed by atoms with Crippen molar-refractivity contribution >= 4 is 40.5 Å². The van der Waals surface area contributed by atoms with Crippen LogP contribution in [0.1, 0.15) is 51.5 Å². The zero-order chi connectivity index (χ0) is 34.3. The van der Waals surface area contributed by atoms with Crippen molar-refractivity contribution in [2.24, 2.45) is 0 Å².